The second kappa shape index (κ2) is 3.97. The maximum Gasteiger partial charge on any atom is 0.268 e. The highest BCUT2D eigenvalue weighted by atomic mass is 16.2. The number of Topliss-reactive ketones (excluding diaryl/α,β-unsaturated/α-hetero) is 1. The maximum absolute atomic E-state index is 12.0. The number of benzene rings is 1. The fourth-order valence-corrected chi connectivity index (χ4v) is 1.83. The quantitative estimate of drug-likeness (QED) is 0.701. The Hall–Kier alpha value is -2.23. The molecule has 0 fully saturated rings. The Morgan fingerprint density at radius 1 is 1.12 bits per heavy atom. The van der Waals surface area contributed by atoms with Crippen molar-refractivity contribution in [2.75, 3.05) is 0 Å². The molecule has 2 aromatic rings. The van der Waals surface area contributed by atoms with Crippen LogP contribution in [0.1, 0.15) is 29.0 Å². The number of rotatable bonds is 1. The lowest BCUT2D eigenvalue weighted by molar-refractivity contribution is 0.0937. The highest BCUT2D eigenvalue weighted by Gasteiger charge is 2.14. The summed E-state index contributed by atoms with van der Waals surface area (Å²) in [7, 11) is 0. The van der Waals surface area contributed by atoms with Crippen LogP contribution in [0.5, 0.6) is 0 Å². The second-order valence-electron chi connectivity index (χ2n) is 3.83. The van der Waals surface area contributed by atoms with E-state index in [-0.39, 0.29) is 11.3 Å². The van der Waals surface area contributed by atoms with Gasteiger partial charge in [0.1, 0.15) is 0 Å². The van der Waals surface area contributed by atoms with Gasteiger partial charge in [-0.25, -0.2) is 4.57 Å². The van der Waals surface area contributed by atoms with Crippen molar-refractivity contribution in [3.63, 3.8) is 0 Å². The van der Waals surface area contributed by atoms with Crippen molar-refractivity contribution in [3.05, 3.63) is 46.2 Å². The van der Waals surface area contributed by atoms with Gasteiger partial charge in [-0.1, -0.05) is 18.2 Å². The van der Waals surface area contributed by atoms with Crippen molar-refractivity contribution in [2.45, 2.75) is 13.8 Å². The maximum atomic E-state index is 12.0. The predicted octanol–water partition coefficient (Wildman–Crippen LogP) is 1.86. The number of ketones is 1. The smallest absolute Gasteiger partial charge is 0.268 e. The second-order valence-corrected chi connectivity index (χ2v) is 3.83. The Morgan fingerprint density at radius 2 is 1.76 bits per heavy atom. The molecule has 86 valence electrons. The van der Waals surface area contributed by atoms with Crippen LogP contribution < -0.4 is 5.56 Å². The normalized spacial score (nSPS) is 10.5. The summed E-state index contributed by atoms with van der Waals surface area (Å²) in [5, 5.41) is 0.701. The molecule has 4 heteroatoms. The van der Waals surface area contributed by atoms with E-state index in [9.17, 15) is 14.4 Å². The molecule has 0 saturated carbocycles. The predicted molar refractivity (Wildman–Crippen MR) is 64.5 cm³/mol. The number of hydrogen-bond acceptors (Lipinski definition) is 3. The molecule has 0 spiro atoms. The molecule has 2 rings (SSSR count). The number of para-hydroxylation sites is 1. The molecule has 4 nitrogen and oxygen atoms in total. The first-order valence-corrected chi connectivity index (χ1v) is 5.19. The van der Waals surface area contributed by atoms with Gasteiger partial charge >= 0.3 is 0 Å². The van der Waals surface area contributed by atoms with Crippen molar-refractivity contribution in [3.8, 4) is 0 Å². The van der Waals surface area contributed by atoms with Gasteiger partial charge in [0.15, 0.2) is 5.78 Å². The highest BCUT2D eigenvalue weighted by Crippen LogP contribution is 2.13. The topological polar surface area (TPSA) is 56.1 Å². The first kappa shape index (κ1) is 11.3. The summed E-state index contributed by atoms with van der Waals surface area (Å²) < 4.78 is 1.03. The first-order chi connectivity index (χ1) is 8.02. The molecule has 0 aliphatic rings. The number of aromatic nitrogens is 1. The lowest BCUT2D eigenvalue weighted by Crippen LogP contribution is -2.29. The van der Waals surface area contributed by atoms with E-state index in [0.717, 1.165) is 4.57 Å². The van der Waals surface area contributed by atoms with E-state index in [1.54, 1.807) is 24.3 Å². The van der Waals surface area contributed by atoms with Crippen LogP contribution >= 0.6 is 0 Å². The number of nitrogens with zero attached hydrogens (tertiary/aromatic N) is 1. The van der Waals surface area contributed by atoms with E-state index in [1.807, 2.05) is 0 Å². The number of fused-ring (bicyclic) bond motifs is 1. The van der Waals surface area contributed by atoms with Gasteiger partial charge in [0, 0.05) is 6.92 Å². The number of carbonyl (C=O) groups is 2. The van der Waals surface area contributed by atoms with E-state index in [1.165, 1.54) is 19.9 Å². The number of carbonyl (C=O) groups excluding carboxylic acids is 2. The standard InChI is InChI=1S/C13H11NO3/c1-8(15)11-7-10-5-3-4-6-12(10)14(9(2)16)13(11)17/h3-7H,1-2H3. The summed E-state index contributed by atoms with van der Waals surface area (Å²) in [6.07, 6.45) is 0. The molecule has 1 aromatic carbocycles. The van der Waals surface area contributed by atoms with Gasteiger partial charge in [0.25, 0.3) is 5.56 Å². The van der Waals surface area contributed by atoms with Gasteiger partial charge in [0.05, 0.1) is 11.1 Å². The zero-order valence-corrected chi connectivity index (χ0v) is 9.56. The summed E-state index contributed by atoms with van der Waals surface area (Å²) in [5.41, 5.74) is 0.0117. The summed E-state index contributed by atoms with van der Waals surface area (Å²) >= 11 is 0. The van der Waals surface area contributed by atoms with E-state index in [0.29, 0.717) is 10.9 Å². The SMILES string of the molecule is CC(=O)c1cc2ccccc2n(C(C)=O)c1=O. The average molecular weight is 229 g/mol. The molecular formula is C13H11NO3. The van der Waals surface area contributed by atoms with Gasteiger partial charge in [-0.2, -0.15) is 0 Å². The third kappa shape index (κ3) is 1.78. The van der Waals surface area contributed by atoms with Crippen LogP contribution in [0, 0.1) is 0 Å². The lowest BCUT2D eigenvalue weighted by Gasteiger charge is -2.08. The van der Waals surface area contributed by atoms with Gasteiger partial charge in [0.2, 0.25) is 5.91 Å². The molecule has 0 radical (unpaired) electrons. The monoisotopic (exact) mass is 229 g/mol. The van der Waals surface area contributed by atoms with E-state index < -0.39 is 11.5 Å². The zero-order chi connectivity index (χ0) is 12.6. The van der Waals surface area contributed by atoms with E-state index >= 15 is 0 Å². The van der Waals surface area contributed by atoms with Gasteiger partial charge in [-0.3, -0.25) is 14.4 Å². The van der Waals surface area contributed by atoms with E-state index in [2.05, 4.69) is 0 Å². The summed E-state index contributed by atoms with van der Waals surface area (Å²) in [6, 6.07) is 8.51. The van der Waals surface area contributed by atoms with Crippen LogP contribution in [-0.4, -0.2) is 16.3 Å². The first-order valence-electron chi connectivity index (χ1n) is 5.19. The van der Waals surface area contributed by atoms with Crippen LogP contribution in [0.4, 0.5) is 0 Å². The minimum Gasteiger partial charge on any atom is -0.294 e. The third-order valence-electron chi connectivity index (χ3n) is 2.61. The van der Waals surface area contributed by atoms with Crippen LogP contribution in [0.15, 0.2) is 35.1 Å². The molecular weight excluding hydrogens is 218 g/mol. The molecule has 0 unspecified atom stereocenters. The molecule has 1 heterocycles. The Bertz CT molecular complexity index is 683. The van der Waals surface area contributed by atoms with Crippen molar-refractivity contribution in [1.82, 2.24) is 4.57 Å². The van der Waals surface area contributed by atoms with Crippen LogP contribution in [0.2, 0.25) is 0 Å². The van der Waals surface area contributed by atoms with Crippen molar-refractivity contribution in [2.24, 2.45) is 0 Å². The molecule has 0 atom stereocenters. The minimum atomic E-state index is -0.552. The zero-order valence-electron chi connectivity index (χ0n) is 9.56. The molecule has 0 bridgehead atoms. The van der Waals surface area contributed by atoms with Crippen LogP contribution in [0.3, 0.4) is 0 Å². The molecule has 0 aliphatic carbocycles. The molecule has 0 saturated heterocycles. The Morgan fingerprint density at radius 3 is 2.35 bits per heavy atom. The third-order valence-corrected chi connectivity index (χ3v) is 2.61. The van der Waals surface area contributed by atoms with Crippen LogP contribution in [-0.2, 0) is 0 Å². The van der Waals surface area contributed by atoms with Gasteiger partial charge in [-0.05, 0) is 24.4 Å². The largest absolute Gasteiger partial charge is 0.294 e. The van der Waals surface area contributed by atoms with Gasteiger partial charge < -0.3 is 0 Å². The number of pyridine rings is 1. The Kier molecular flexibility index (Phi) is 2.63. The molecule has 0 aliphatic heterocycles. The van der Waals surface area contributed by atoms with Crippen molar-refractivity contribution < 1.29 is 9.59 Å². The average Bonchev–Trinajstić information content (AvgIpc) is 2.27. The van der Waals surface area contributed by atoms with Crippen LogP contribution in [0.25, 0.3) is 10.9 Å². The molecule has 0 amide bonds. The molecule has 1 aromatic heterocycles. The lowest BCUT2D eigenvalue weighted by atomic mass is 10.1. The fraction of sp³-hybridized carbons (Fsp3) is 0.154. The summed E-state index contributed by atoms with van der Waals surface area (Å²) in [4.78, 5) is 34.9. The summed E-state index contributed by atoms with van der Waals surface area (Å²) in [5.74, 6) is -0.731. The molecule has 17 heavy (non-hydrogen) atoms. The van der Waals surface area contributed by atoms with Crippen molar-refractivity contribution in [1.29, 1.82) is 0 Å². The minimum absolute atomic E-state index is 0.0406. The molecule has 0 N–H and O–H groups in total. The summed E-state index contributed by atoms with van der Waals surface area (Å²) in [6.45, 7) is 2.62. The van der Waals surface area contributed by atoms with Crippen molar-refractivity contribution >= 4 is 22.6 Å². The highest BCUT2D eigenvalue weighted by molar-refractivity contribution is 5.99. The Labute approximate surface area is 97.5 Å². The fourth-order valence-electron chi connectivity index (χ4n) is 1.83. The van der Waals surface area contributed by atoms with E-state index in [4.69, 9.17) is 0 Å². The Balaban J connectivity index is 3.01. The van der Waals surface area contributed by atoms with Gasteiger partial charge in [-0.15, -0.1) is 0 Å². The number of hydrogen-bond donors (Lipinski definition) is 0.